The number of terminal acetylenes is 1. The van der Waals surface area contributed by atoms with Crippen LogP contribution in [-0.2, 0) is 4.79 Å². The highest BCUT2D eigenvalue weighted by Gasteiger charge is 2.43. The van der Waals surface area contributed by atoms with Crippen LogP contribution in [0.2, 0.25) is 0 Å². The fourth-order valence-corrected chi connectivity index (χ4v) is 1.16. The van der Waals surface area contributed by atoms with Crippen LogP contribution in [0.5, 0.6) is 0 Å². The number of aliphatic hydroxyl groups excluding tert-OH is 1. The van der Waals surface area contributed by atoms with E-state index in [2.05, 4.69) is 0 Å². The molecule has 1 unspecified atom stereocenters. The minimum Gasteiger partial charge on any atom is -0.385 e. The smallest absolute Gasteiger partial charge is 0.298 e. The van der Waals surface area contributed by atoms with Crippen molar-refractivity contribution in [2.45, 2.75) is 18.4 Å². The van der Waals surface area contributed by atoms with Crippen LogP contribution in [0, 0.1) is 12.3 Å². The van der Waals surface area contributed by atoms with Gasteiger partial charge in [0.2, 0.25) is 0 Å². The van der Waals surface area contributed by atoms with Gasteiger partial charge in [0.1, 0.15) is 6.10 Å². The molecule has 1 aliphatic heterocycles. The highest BCUT2D eigenvalue weighted by Crippen LogP contribution is 2.28. The molecule has 0 spiro atoms. The number of amides is 1. The van der Waals surface area contributed by atoms with Crippen molar-refractivity contribution in [2.75, 3.05) is 13.1 Å². The van der Waals surface area contributed by atoms with Gasteiger partial charge in [-0.1, -0.05) is 0 Å². The van der Waals surface area contributed by atoms with E-state index in [1.165, 1.54) is 0 Å². The number of hydrogen-bond acceptors (Lipinski definition) is 2. The lowest BCUT2D eigenvalue weighted by Gasteiger charge is -2.34. The van der Waals surface area contributed by atoms with Gasteiger partial charge in [0.25, 0.3) is 11.8 Å². The van der Waals surface area contributed by atoms with Gasteiger partial charge in [0.15, 0.2) is 0 Å². The molecule has 1 N–H and O–H groups in total. The molecule has 0 aromatic heterocycles. The van der Waals surface area contributed by atoms with Crippen LogP contribution in [0.15, 0.2) is 0 Å². The third-order valence-electron chi connectivity index (χ3n) is 2.01. The monoisotopic (exact) mass is 189 g/mol. The Hall–Kier alpha value is -1.15. The molecule has 0 aromatic carbocycles. The standard InChI is InChI=1S/C8H9F2NO2/c1-2-7(13)11-4-3-8(9,10)6(12)5-11/h1,6,12H,3-5H2. The number of β-amino-alcohol motifs (C(OH)–C–C–N with tert-alkyl or cyclic N) is 1. The number of alkyl halides is 2. The lowest BCUT2D eigenvalue weighted by atomic mass is 10.0. The van der Waals surface area contributed by atoms with Crippen molar-refractivity contribution in [3.8, 4) is 12.3 Å². The van der Waals surface area contributed by atoms with E-state index < -0.39 is 30.9 Å². The lowest BCUT2D eigenvalue weighted by Crippen LogP contribution is -2.52. The van der Waals surface area contributed by atoms with E-state index in [1.807, 2.05) is 5.92 Å². The lowest BCUT2D eigenvalue weighted by molar-refractivity contribution is -0.158. The third kappa shape index (κ3) is 1.95. The van der Waals surface area contributed by atoms with Crippen molar-refractivity contribution in [2.24, 2.45) is 0 Å². The number of piperidine rings is 1. The normalized spacial score (nSPS) is 26.6. The Kier molecular flexibility index (Phi) is 2.52. The first-order valence-corrected chi connectivity index (χ1v) is 3.79. The molecule has 13 heavy (non-hydrogen) atoms. The Labute approximate surface area is 74.3 Å². The zero-order valence-electron chi connectivity index (χ0n) is 6.83. The zero-order valence-corrected chi connectivity index (χ0v) is 6.83. The van der Waals surface area contributed by atoms with E-state index in [-0.39, 0.29) is 6.54 Å². The second-order valence-corrected chi connectivity index (χ2v) is 2.92. The number of hydrogen-bond donors (Lipinski definition) is 1. The topological polar surface area (TPSA) is 40.5 Å². The molecule has 1 heterocycles. The Morgan fingerprint density at radius 3 is 2.77 bits per heavy atom. The minimum atomic E-state index is -3.11. The molecular weight excluding hydrogens is 180 g/mol. The number of carbonyl (C=O) groups is 1. The fourth-order valence-electron chi connectivity index (χ4n) is 1.16. The summed E-state index contributed by atoms with van der Waals surface area (Å²) in [4.78, 5) is 11.9. The average molecular weight is 189 g/mol. The van der Waals surface area contributed by atoms with E-state index >= 15 is 0 Å². The van der Waals surface area contributed by atoms with Crippen molar-refractivity contribution in [3.63, 3.8) is 0 Å². The van der Waals surface area contributed by atoms with Gasteiger partial charge in [-0.05, 0) is 5.92 Å². The van der Waals surface area contributed by atoms with Gasteiger partial charge in [0.05, 0.1) is 6.54 Å². The Morgan fingerprint density at radius 1 is 1.69 bits per heavy atom. The van der Waals surface area contributed by atoms with Crippen molar-refractivity contribution in [1.29, 1.82) is 0 Å². The Morgan fingerprint density at radius 2 is 2.31 bits per heavy atom. The number of halogens is 2. The first-order valence-electron chi connectivity index (χ1n) is 3.79. The van der Waals surface area contributed by atoms with Crippen LogP contribution in [-0.4, -0.2) is 41.0 Å². The second-order valence-electron chi connectivity index (χ2n) is 2.92. The molecule has 0 bridgehead atoms. The maximum absolute atomic E-state index is 12.7. The maximum atomic E-state index is 12.7. The van der Waals surface area contributed by atoms with Crippen LogP contribution in [0.3, 0.4) is 0 Å². The molecule has 0 saturated carbocycles. The van der Waals surface area contributed by atoms with Gasteiger partial charge in [-0.25, -0.2) is 8.78 Å². The second kappa shape index (κ2) is 3.30. The van der Waals surface area contributed by atoms with Gasteiger partial charge in [0, 0.05) is 13.0 Å². The van der Waals surface area contributed by atoms with Crippen molar-refractivity contribution in [3.05, 3.63) is 0 Å². The van der Waals surface area contributed by atoms with Crippen LogP contribution in [0.4, 0.5) is 8.78 Å². The molecule has 1 saturated heterocycles. The summed E-state index contributed by atoms with van der Waals surface area (Å²) < 4.78 is 25.4. The predicted molar refractivity (Wildman–Crippen MR) is 41.0 cm³/mol. The van der Waals surface area contributed by atoms with E-state index in [0.29, 0.717) is 0 Å². The summed E-state index contributed by atoms with van der Waals surface area (Å²) in [5.74, 6) is -1.95. The quantitative estimate of drug-likeness (QED) is 0.538. The molecule has 72 valence electrons. The summed E-state index contributed by atoms with van der Waals surface area (Å²) in [6, 6.07) is 0. The van der Waals surface area contributed by atoms with Gasteiger partial charge < -0.3 is 10.0 Å². The van der Waals surface area contributed by atoms with Crippen molar-refractivity contribution < 1.29 is 18.7 Å². The first-order chi connectivity index (χ1) is 5.97. The summed E-state index contributed by atoms with van der Waals surface area (Å²) in [7, 11) is 0. The molecule has 0 aliphatic carbocycles. The predicted octanol–water partition coefficient (Wildman–Crippen LogP) is -0.152. The summed E-state index contributed by atoms with van der Waals surface area (Å²) in [5, 5.41) is 8.94. The van der Waals surface area contributed by atoms with Crippen LogP contribution in [0.1, 0.15) is 6.42 Å². The summed E-state index contributed by atoms with van der Waals surface area (Å²) in [6.07, 6.45) is 2.46. The highest BCUT2D eigenvalue weighted by atomic mass is 19.3. The van der Waals surface area contributed by atoms with Crippen molar-refractivity contribution in [1.82, 2.24) is 4.90 Å². The first kappa shape index (κ1) is 9.93. The summed E-state index contributed by atoms with van der Waals surface area (Å²) in [6.45, 7) is -0.497. The van der Waals surface area contributed by atoms with E-state index in [9.17, 15) is 13.6 Å². The van der Waals surface area contributed by atoms with Gasteiger partial charge in [-0.2, -0.15) is 0 Å². The third-order valence-corrected chi connectivity index (χ3v) is 2.01. The largest absolute Gasteiger partial charge is 0.385 e. The van der Waals surface area contributed by atoms with Gasteiger partial charge in [-0.3, -0.25) is 4.79 Å². The zero-order chi connectivity index (χ0) is 10.1. The number of nitrogens with zero attached hydrogens (tertiary/aromatic N) is 1. The number of likely N-dealkylation sites (tertiary alicyclic amines) is 1. The Balaban J connectivity index is 2.62. The maximum Gasteiger partial charge on any atom is 0.298 e. The summed E-state index contributed by atoms with van der Waals surface area (Å²) in [5.41, 5.74) is 0. The van der Waals surface area contributed by atoms with Gasteiger partial charge >= 0.3 is 0 Å². The molecule has 3 nitrogen and oxygen atoms in total. The van der Waals surface area contributed by atoms with E-state index in [0.717, 1.165) is 4.90 Å². The summed E-state index contributed by atoms with van der Waals surface area (Å²) >= 11 is 0. The molecular formula is C8H9F2NO2. The number of carbonyl (C=O) groups excluding carboxylic acids is 1. The van der Waals surface area contributed by atoms with E-state index in [1.54, 1.807) is 0 Å². The molecule has 1 fully saturated rings. The SMILES string of the molecule is C#CC(=O)N1CCC(F)(F)C(O)C1. The number of aliphatic hydroxyl groups is 1. The van der Waals surface area contributed by atoms with Crippen molar-refractivity contribution >= 4 is 5.91 Å². The average Bonchev–Trinajstić information content (AvgIpc) is 2.08. The molecule has 1 rings (SSSR count). The fraction of sp³-hybridized carbons (Fsp3) is 0.625. The van der Waals surface area contributed by atoms with E-state index in [4.69, 9.17) is 11.5 Å². The molecule has 5 heteroatoms. The van der Waals surface area contributed by atoms with Crippen LogP contribution in [0.25, 0.3) is 0 Å². The van der Waals surface area contributed by atoms with Crippen LogP contribution < -0.4 is 0 Å². The molecule has 0 aromatic rings. The van der Waals surface area contributed by atoms with Crippen LogP contribution >= 0.6 is 0 Å². The number of rotatable bonds is 0. The molecule has 1 atom stereocenters. The molecule has 1 amide bonds. The molecule has 0 radical (unpaired) electrons. The Bertz CT molecular complexity index is 259. The molecule has 1 aliphatic rings. The highest BCUT2D eigenvalue weighted by molar-refractivity contribution is 5.92. The van der Waals surface area contributed by atoms with Gasteiger partial charge in [-0.15, -0.1) is 6.42 Å². The minimum absolute atomic E-state index is 0.104.